The van der Waals surface area contributed by atoms with Crippen molar-refractivity contribution in [1.29, 1.82) is 0 Å². The topological polar surface area (TPSA) is 237 Å². The Bertz CT molecular complexity index is 1960. The van der Waals surface area contributed by atoms with Gasteiger partial charge in [0.2, 0.25) is 0 Å². The molecule has 102 heavy (non-hydrogen) atoms. The number of esters is 4. The first kappa shape index (κ1) is 100. The first-order valence-electron chi connectivity index (χ1n) is 43.0. The van der Waals surface area contributed by atoms with Crippen LogP contribution >= 0.6 is 15.6 Å². The van der Waals surface area contributed by atoms with Crippen molar-refractivity contribution in [3.8, 4) is 0 Å². The van der Waals surface area contributed by atoms with E-state index < -0.39 is 97.5 Å². The largest absolute Gasteiger partial charge is 0.472 e. The number of phosphoric ester groups is 2. The molecular formula is C83H162O17P2. The van der Waals surface area contributed by atoms with Gasteiger partial charge in [0.15, 0.2) is 12.2 Å². The van der Waals surface area contributed by atoms with Gasteiger partial charge in [-0.3, -0.25) is 37.3 Å². The molecule has 2 unspecified atom stereocenters. The summed E-state index contributed by atoms with van der Waals surface area (Å²) < 4.78 is 68.7. The third-order valence-corrected chi connectivity index (χ3v) is 21.4. The highest BCUT2D eigenvalue weighted by molar-refractivity contribution is 7.47. The number of rotatable bonds is 82. The first-order chi connectivity index (χ1) is 49.4. The Kier molecular flexibility index (Phi) is 73.1. The van der Waals surface area contributed by atoms with Crippen LogP contribution in [-0.4, -0.2) is 96.7 Å². The van der Waals surface area contributed by atoms with Crippen molar-refractivity contribution in [3.63, 3.8) is 0 Å². The van der Waals surface area contributed by atoms with Gasteiger partial charge in [-0.25, -0.2) is 9.13 Å². The van der Waals surface area contributed by atoms with Gasteiger partial charge in [0.05, 0.1) is 26.4 Å². The lowest BCUT2D eigenvalue weighted by Gasteiger charge is -2.21. The van der Waals surface area contributed by atoms with Crippen molar-refractivity contribution in [2.45, 2.75) is 458 Å². The standard InChI is InChI=1S/C83H162O17P2/c1-7-9-11-13-15-17-18-19-20-21-25-28-31-37-42-48-54-60-66-81(86)94-72-79(100-82(87)67-61-55-49-43-38-32-29-26-23-22-24-27-30-35-40-45-51-57-63-75(3)4)74-98-102(91,92)96-70-77(84)69-95-101(89,90)97-73-78(71-93-80(85)65-59-53-47-16-14-12-10-8-2)99-83(88)68-62-56-50-44-39-34-33-36-41-46-52-58-64-76(5)6/h75-79,84H,7-74H2,1-6H3,(H,89,90)(H,91,92)/t77-,78+,79+/m0/s1. The van der Waals surface area contributed by atoms with Gasteiger partial charge in [0.1, 0.15) is 19.3 Å². The molecule has 17 nitrogen and oxygen atoms in total. The van der Waals surface area contributed by atoms with Gasteiger partial charge in [-0.2, -0.15) is 0 Å². The summed E-state index contributed by atoms with van der Waals surface area (Å²) in [6.07, 6.45) is 65.4. The fourth-order valence-corrected chi connectivity index (χ4v) is 14.5. The minimum Gasteiger partial charge on any atom is -0.462 e. The Morgan fingerprint density at radius 1 is 0.265 bits per heavy atom. The lowest BCUT2D eigenvalue weighted by atomic mass is 10.0. The molecule has 19 heteroatoms. The number of carbonyl (C=O) groups is 4. The van der Waals surface area contributed by atoms with Crippen molar-refractivity contribution < 1.29 is 80.2 Å². The summed E-state index contributed by atoms with van der Waals surface area (Å²) in [4.78, 5) is 73.0. The quantitative estimate of drug-likeness (QED) is 0.0222. The lowest BCUT2D eigenvalue weighted by molar-refractivity contribution is -0.161. The third-order valence-electron chi connectivity index (χ3n) is 19.5. The molecule has 0 amide bonds. The lowest BCUT2D eigenvalue weighted by Crippen LogP contribution is -2.30. The monoisotopic (exact) mass is 1490 g/mol. The highest BCUT2D eigenvalue weighted by Gasteiger charge is 2.30. The summed E-state index contributed by atoms with van der Waals surface area (Å²) in [6, 6.07) is 0. The molecule has 5 atom stereocenters. The molecule has 3 N–H and O–H groups in total. The zero-order valence-corrected chi connectivity index (χ0v) is 68.7. The normalized spacial score (nSPS) is 13.9. The Morgan fingerprint density at radius 2 is 0.451 bits per heavy atom. The molecule has 0 aliphatic carbocycles. The number of aliphatic hydroxyl groups is 1. The molecule has 0 aliphatic rings. The van der Waals surface area contributed by atoms with E-state index in [9.17, 15) is 43.2 Å². The van der Waals surface area contributed by atoms with Crippen LogP contribution in [0.15, 0.2) is 0 Å². The van der Waals surface area contributed by atoms with E-state index >= 15 is 0 Å². The molecule has 0 heterocycles. The maximum Gasteiger partial charge on any atom is 0.472 e. The number of phosphoric acid groups is 2. The van der Waals surface area contributed by atoms with Crippen LogP contribution in [-0.2, 0) is 65.4 Å². The van der Waals surface area contributed by atoms with Gasteiger partial charge in [-0.05, 0) is 37.5 Å². The molecule has 0 fully saturated rings. The van der Waals surface area contributed by atoms with E-state index in [0.717, 1.165) is 108 Å². The van der Waals surface area contributed by atoms with E-state index in [4.69, 9.17) is 37.0 Å². The average Bonchev–Trinajstić information content (AvgIpc) is 0.919. The fourth-order valence-electron chi connectivity index (χ4n) is 12.9. The van der Waals surface area contributed by atoms with Gasteiger partial charge in [-0.1, -0.05) is 388 Å². The second-order valence-electron chi connectivity index (χ2n) is 30.8. The maximum absolute atomic E-state index is 13.1. The smallest absolute Gasteiger partial charge is 0.462 e. The van der Waals surface area contributed by atoms with E-state index in [-0.39, 0.29) is 25.7 Å². The summed E-state index contributed by atoms with van der Waals surface area (Å²) in [7, 11) is -9.92. The summed E-state index contributed by atoms with van der Waals surface area (Å²) in [5.41, 5.74) is 0. The van der Waals surface area contributed by atoms with Gasteiger partial charge in [0, 0.05) is 25.7 Å². The zero-order valence-electron chi connectivity index (χ0n) is 66.9. The van der Waals surface area contributed by atoms with E-state index in [1.807, 2.05) is 0 Å². The summed E-state index contributed by atoms with van der Waals surface area (Å²) in [5.74, 6) is -0.511. The van der Waals surface area contributed by atoms with Crippen LogP contribution in [0.4, 0.5) is 0 Å². The van der Waals surface area contributed by atoms with Crippen molar-refractivity contribution in [1.82, 2.24) is 0 Å². The van der Waals surface area contributed by atoms with Crippen molar-refractivity contribution in [3.05, 3.63) is 0 Å². The molecule has 0 aromatic rings. The van der Waals surface area contributed by atoms with E-state index in [1.165, 1.54) is 250 Å². The molecule has 0 saturated carbocycles. The van der Waals surface area contributed by atoms with E-state index in [0.29, 0.717) is 25.7 Å². The Hall–Kier alpha value is -1.94. The van der Waals surface area contributed by atoms with Crippen LogP contribution in [0.3, 0.4) is 0 Å². The average molecular weight is 1490 g/mol. The van der Waals surface area contributed by atoms with Crippen molar-refractivity contribution >= 4 is 39.5 Å². The van der Waals surface area contributed by atoms with Crippen molar-refractivity contribution in [2.75, 3.05) is 39.6 Å². The second kappa shape index (κ2) is 74.5. The Morgan fingerprint density at radius 3 is 0.667 bits per heavy atom. The highest BCUT2D eigenvalue weighted by atomic mass is 31.2. The molecule has 0 aliphatic heterocycles. The second-order valence-corrected chi connectivity index (χ2v) is 33.7. The third kappa shape index (κ3) is 76.3. The number of ether oxygens (including phenoxy) is 4. The molecule has 0 saturated heterocycles. The fraction of sp³-hybridized carbons (Fsp3) is 0.952. The molecule has 0 bridgehead atoms. The highest BCUT2D eigenvalue weighted by Crippen LogP contribution is 2.45. The summed E-state index contributed by atoms with van der Waals surface area (Å²) >= 11 is 0. The predicted octanol–water partition coefficient (Wildman–Crippen LogP) is 25.1. The molecule has 0 rings (SSSR count). The molecule has 0 aromatic heterocycles. The zero-order chi connectivity index (χ0) is 74.9. The number of aliphatic hydroxyl groups excluding tert-OH is 1. The number of hydrogen-bond donors (Lipinski definition) is 3. The van der Waals surface area contributed by atoms with Crippen LogP contribution in [0.1, 0.15) is 440 Å². The number of carbonyl (C=O) groups excluding carboxylic acids is 4. The molecular weight excluding hydrogens is 1330 g/mol. The number of hydrogen-bond acceptors (Lipinski definition) is 15. The van der Waals surface area contributed by atoms with E-state index in [1.54, 1.807) is 0 Å². The van der Waals surface area contributed by atoms with Crippen LogP contribution in [0, 0.1) is 11.8 Å². The first-order valence-corrected chi connectivity index (χ1v) is 46.0. The van der Waals surface area contributed by atoms with E-state index in [2.05, 4.69) is 41.5 Å². The predicted molar refractivity (Wildman–Crippen MR) is 418 cm³/mol. The SMILES string of the molecule is CCCCCCCCCCCCCCCCCCCCC(=O)OC[C@H](COP(=O)(O)OC[C@@H](O)COP(=O)(O)OC[C@@H](COC(=O)CCCCCCCCCC)OC(=O)CCCCCCCCCCCCCCC(C)C)OC(=O)CCCCCCCCCCCCCCCCCCCCC(C)C. The van der Waals surface area contributed by atoms with Gasteiger partial charge < -0.3 is 33.8 Å². The number of unbranched alkanes of at least 4 members (excludes halogenated alkanes) is 52. The molecule has 0 spiro atoms. The van der Waals surface area contributed by atoms with Crippen LogP contribution < -0.4 is 0 Å². The summed E-state index contributed by atoms with van der Waals surface area (Å²) in [5, 5.41) is 10.6. The minimum absolute atomic E-state index is 0.107. The van der Waals surface area contributed by atoms with Crippen molar-refractivity contribution in [2.24, 2.45) is 11.8 Å². The van der Waals surface area contributed by atoms with Gasteiger partial charge in [-0.15, -0.1) is 0 Å². The molecule has 0 aromatic carbocycles. The Balaban J connectivity index is 5.19. The van der Waals surface area contributed by atoms with Gasteiger partial charge >= 0.3 is 39.5 Å². The Labute approximate surface area is 626 Å². The van der Waals surface area contributed by atoms with Gasteiger partial charge in [0.25, 0.3) is 0 Å². The summed E-state index contributed by atoms with van der Waals surface area (Å²) in [6.45, 7) is 9.67. The van der Waals surface area contributed by atoms with Crippen LogP contribution in [0.25, 0.3) is 0 Å². The minimum atomic E-state index is -4.96. The maximum atomic E-state index is 13.1. The molecule has 606 valence electrons. The molecule has 0 radical (unpaired) electrons. The van der Waals surface area contributed by atoms with Crippen LogP contribution in [0.2, 0.25) is 0 Å². The van der Waals surface area contributed by atoms with Crippen LogP contribution in [0.5, 0.6) is 0 Å².